The van der Waals surface area contributed by atoms with E-state index in [4.69, 9.17) is 19.2 Å². The van der Waals surface area contributed by atoms with Crippen molar-refractivity contribution in [2.24, 2.45) is 11.3 Å². The summed E-state index contributed by atoms with van der Waals surface area (Å²) in [5, 5.41) is 11.1. The Balaban J connectivity index is 1.76. The Morgan fingerprint density at radius 3 is 2.85 bits per heavy atom. The van der Waals surface area contributed by atoms with Crippen LogP contribution >= 0.6 is 0 Å². The van der Waals surface area contributed by atoms with Crippen LogP contribution in [0.1, 0.15) is 12.0 Å². The minimum atomic E-state index is -0.174. The smallest absolute Gasteiger partial charge is 0.148 e. The third-order valence-corrected chi connectivity index (χ3v) is 5.95. The Labute approximate surface area is 153 Å². The van der Waals surface area contributed by atoms with E-state index in [9.17, 15) is 5.11 Å². The zero-order valence-electron chi connectivity index (χ0n) is 15.6. The third kappa shape index (κ3) is 2.68. The summed E-state index contributed by atoms with van der Waals surface area (Å²) in [7, 11) is 3.31. The molecule has 2 saturated heterocycles. The number of ether oxygens (including phenoxy) is 3. The number of aryl methyl sites for hydroxylation is 1. The number of fused-ring (bicyclic) bond motifs is 2. The Hall–Kier alpha value is -2.05. The van der Waals surface area contributed by atoms with E-state index in [0.717, 1.165) is 54.2 Å². The van der Waals surface area contributed by atoms with Gasteiger partial charge in [-0.3, -0.25) is 0 Å². The summed E-state index contributed by atoms with van der Waals surface area (Å²) in [6, 6.07) is 5.98. The number of aliphatic hydroxyl groups is 1. The lowest BCUT2D eigenvalue weighted by Crippen LogP contribution is -2.43. The van der Waals surface area contributed by atoms with Crippen LogP contribution in [-0.2, 0) is 4.74 Å². The van der Waals surface area contributed by atoms with Gasteiger partial charge in [-0.2, -0.15) is 0 Å². The van der Waals surface area contributed by atoms with Gasteiger partial charge in [0, 0.05) is 36.6 Å². The van der Waals surface area contributed by atoms with Crippen LogP contribution in [0.2, 0.25) is 0 Å². The van der Waals surface area contributed by atoms with Crippen molar-refractivity contribution in [2.45, 2.75) is 13.3 Å². The predicted octanol–water partition coefficient (Wildman–Crippen LogP) is 2.40. The first-order chi connectivity index (χ1) is 12.6. The van der Waals surface area contributed by atoms with E-state index in [0.29, 0.717) is 18.3 Å². The normalized spacial score (nSPS) is 25.4. The number of methoxy groups -OCH3 is 2. The molecule has 4 rings (SSSR count). The van der Waals surface area contributed by atoms with Crippen LogP contribution in [0.5, 0.6) is 11.5 Å². The molecule has 1 N–H and O–H groups in total. The summed E-state index contributed by atoms with van der Waals surface area (Å²) in [6.45, 7) is 5.31. The van der Waals surface area contributed by atoms with Crippen molar-refractivity contribution >= 4 is 16.7 Å². The fraction of sp³-hybridized carbons (Fsp3) is 0.550. The summed E-state index contributed by atoms with van der Waals surface area (Å²) in [5.41, 5.74) is 1.80. The van der Waals surface area contributed by atoms with E-state index in [1.807, 2.05) is 12.1 Å². The minimum absolute atomic E-state index is 0.154. The molecule has 2 fully saturated rings. The predicted molar refractivity (Wildman–Crippen MR) is 100 cm³/mol. The van der Waals surface area contributed by atoms with Crippen LogP contribution in [0.3, 0.4) is 0 Å². The molecule has 0 unspecified atom stereocenters. The average molecular weight is 358 g/mol. The van der Waals surface area contributed by atoms with Gasteiger partial charge in [-0.05, 0) is 37.0 Å². The Bertz CT molecular complexity index is 825. The van der Waals surface area contributed by atoms with Crippen molar-refractivity contribution < 1.29 is 19.3 Å². The van der Waals surface area contributed by atoms with Gasteiger partial charge in [0.25, 0.3) is 0 Å². The van der Waals surface area contributed by atoms with Gasteiger partial charge in [0.05, 0.1) is 27.4 Å². The fourth-order valence-electron chi connectivity index (χ4n) is 4.35. The lowest BCUT2D eigenvalue weighted by Gasteiger charge is -2.36. The number of pyridine rings is 1. The molecule has 6 heteroatoms. The first-order valence-corrected chi connectivity index (χ1v) is 9.07. The number of aliphatic hydroxyl groups excluding tert-OH is 1. The second kappa shape index (κ2) is 6.59. The van der Waals surface area contributed by atoms with Gasteiger partial charge < -0.3 is 24.2 Å². The van der Waals surface area contributed by atoms with E-state index in [1.165, 1.54) is 0 Å². The monoisotopic (exact) mass is 358 g/mol. The van der Waals surface area contributed by atoms with Crippen molar-refractivity contribution in [1.29, 1.82) is 0 Å². The highest BCUT2D eigenvalue weighted by molar-refractivity contribution is 5.90. The Morgan fingerprint density at radius 1 is 1.31 bits per heavy atom. The zero-order valence-corrected chi connectivity index (χ0v) is 15.6. The van der Waals surface area contributed by atoms with Crippen LogP contribution in [0.15, 0.2) is 18.2 Å². The summed E-state index contributed by atoms with van der Waals surface area (Å²) < 4.78 is 16.6. The quantitative estimate of drug-likeness (QED) is 0.905. The number of rotatable bonds is 4. The minimum Gasteiger partial charge on any atom is -0.497 e. The summed E-state index contributed by atoms with van der Waals surface area (Å²) in [6.07, 6.45) is 0.990. The standard InChI is InChI=1S/C20H26N2O4/c1-13-6-18(21-19-16(13)7-15(24-2)8-17(19)25-3)22-9-14-4-5-26-12-20(14,10-22)11-23/h6-8,14,23H,4-5,9-12H2,1-3H3/t14-,20+/m0/s1. The van der Waals surface area contributed by atoms with Crippen LogP contribution in [-0.4, -0.2) is 57.2 Å². The topological polar surface area (TPSA) is 64.1 Å². The van der Waals surface area contributed by atoms with Gasteiger partial charge >= 0.3 is 0 Å². The van der Waals surface area contributed by atoms with Crippen LogP contribution < -0.4 is 14.4 Å². The number of hydrogen-bond acceptors (Lipinski definition) is 6. The molecule has 2 aliphatic heterocycles. The van der Waals surface area contributed by atoms with Crippen molar-refractivity contribution in [3.05, 3.63) is 23.8 Å². The summed E-state index contributed by atoms with van der Waals surface area (Å²) >= 11 is 0. The molecule has 0 bridgehead atoms. The third-order valence-electron chi connectivity index (χ3n) is 5.95. The van der Waals surface area contributed by atoms with Gasteiger partial charge in [-0.1, -0.05) is 0 Å². The molecule has 1 aromatic heterocycles. The molecule has 1 aromatic carbocycles. The molecular weight excluding hydrogens is 332 g/mol. The van der Waals surface area contributed by atoms with E-state index in [2.05, 4.69) is 17.9 Å². The maximum Gasteiger partial charge on any atom is 0.148 e. The van der Waals surface area contributed by atoms with Crippen LogP contribution in [0, 0.1) is 18.3 Å². The first kappa shape index (κ1) is 17.4. The van der Waals surface area contributed by atoms with Crippen molar-refractivity contribution in [3.63, 3.8) is 0 Å². The average Bonchev–Trinajstić information content (AvgIpc) is 3.07. The molecule has 0 spiro atoms. The molecule has 2 atom stereocenters. The maximum absolute atomic E-state index is 10.0. The van der Waals surface area contributed by atoms with E-state index >= 15 is 0 Å². The molecule has 140 valence electrons. The molecule has 2 aromatic rings. The van der Waals surface area contributed by atoms with Crippen LogP contribution in [0.4, 0.5) is 5.82 Å². The lowest BCUT2D eigenvalue weighted by atomic mass is 9.76. The molecule has 0 aliphatic carbocycles. The molecule has 3 heterocycles. The van der Waals surface area contributed by atoms with Crippen molar-refractivity contribution in [3.8, 4) is 11.5 Å². The number of aromatic nitrogens is 1. The van der Waals surface area contributed by atoms with Gasteiger partial charge in [-0.15, -0.1) is 0 Å². The molecule has 0 radical (unpaired) electrons. The molecule has 26 heavy (non-hydrogen) atoms. The molecule has 0 amide bonds. The Kier molecular flexibility index (Phi) is 4.40. The molecule has 6 nitrogen and oxygen atoms in total. The molecule has 2 aliphatic rings. The highest BCUT2D eigenvalue weighted by Gasteiger charge is 2.48. The maximum atomic E-state index is 10.0. The lowest BCUT2D eigenvalue weighted by molar-refractivity contribution is -0.0543. The number of benzene rings is 1. The first-order valence-electron chi connectivity index (χ1n) is 9.07. The highest BCUT2D eigenvalue weighted by atomic mass is 16.5. The second-order valence-electron chi connectivity index (χ2n) is 7.46. The van der Waals surface area contributed by atoms with Gasteiger partial charge in [-0.25, -0.2) is 4.98 Å². The zero-order chi connectivity index (χ0) is 18.3. The summed E-state index contributed by atoms with van der Waals surface area (Å²) in [4.78, 5) is 7.19. The van der Waals surface area contributed by atoms with Crippen LogP contribution in [0.25, 0.3) is 10.9 Å². The SMILES string of the molecule is COc1cc(OC)c2nc(N3C[C@@H]4CCOC[C@]4(CO)C3)cc(C)c2c1. The second-order valence-corrected chi connectivity index (χ2v) is 7.46. The molecular formula is C20H26N2O4. The fourth-order valence-corrected chi connectivity index (χ4v) is 4.35. The highest BCUT2D eigenvalue weighted by Crippen LogP contribution is 2.43. The van der Waals surface area contributed by atoms with E-state index in [-0.39, 0.29) is 12.0 Å². The molecule has 0 saturated carbocycles. The van der Waals surface area contributed by atoms with Gasteiger partial charge in [0.2, 0.25) is 0 Å². The number of nitrogens with zero attached hydrogens (tertiary/aromatic N) is 2. The van der Waals surface area contributed by atoms with Gasteiger partial charge in [0.15, 0.2) is 0 Å². The van der Waals surface area contributed by atoms with Crippen molar-refractivity contribution in [1.82, 2.24) is 4.98 Å². The van der Waals surface area contributed by atoms with Crippen molar-refractivity contribution in [2.75, 3.05) is 52.0 Å². The summed E-state index contributed by atoms with van der Waals surface area (Å²) in [5.74, 6) is 2.84. The largest absolute Gasteiger partial charge is 0.497 e. The van der Waals surface area contributed by atoms with Gasteiger partial charge in [0.1, 0.15) is 22.8 Å². The van der Waals surface area contributed by atoms with E-state index < -0.39 is 0 Å². The number of anilines is 1. The Morgan fingerprint density at radius 2 is 2.15 bits per heavy atom. The van der Waals surface area contributed by atoms with E-state index in [1.54, 1.807) is 14.2 Å². The number of hydrogen-bond donors (Lipinski definition) is 1.